The average Bonchev–Trinajstić information content (AvgIpc) is 2.74. The number of hydrogen-bond acceptors (Lipinski definition) is 3. The smallest absolute Gasteiger partial charge is 0.261 e. The van der Waals surface area contributed by atoms with Gasteiger partial charge in [-0.25, -0.2) is 0 Å². The van der Waals surface area contributed by atoms with Crippen LogP contribution < -0.4 is 10.4 Å². The van der Waals surface area contributed by atoms with E-state index in [-0.39, 0.29) is 0 Å². The van der Waals surface area contributed by atoms with E-state index in [0.29, 0.717) is 6.61 Å². The number of hydrogen-bond donors (Lipinski definition) is 0. The summed E-state index contributed by atoms with van der Waals surface area (Å²) in [5, 5.41) is 11.3. The molecule has 0 unspecified atom stereocenters. The summed E-state index contributed by atoms with van der Waals surface area (Å²) in [4.78, 5) is 0. The molecular formula is C23H24N2OSi. The Bertz CT molecular complexity index is 897. The summed E-state index contributed by atoms with van der Waals surface area (Å²) in [6, 6.07) is 29.2. The lowest BCUT2D eigenvalue weighted by molar-refractivity contribution is 0.340. The highest BCUT2D eigenvalue weighted by Crippen LogP contribution is 2.22. The summed E-state index contributed by atoms with van der Waals surface area (Å²) in [5.74, 6) is 0. The van der Waals surface area contributed by atoms with Crippen molar-refractivity contribution in [3.8, 4) is 0 Å². The Balaban J connectivity index is 2.13. The highest BCUT2D eigenvalue weighted by Gasteiger charge is 2.40. The summed E-state index contributed by atoms with van der Waals surface area (Å²) in [7, 11) is -2.50. The molecule has 27 heavy (non-hydrogen) atoms. The van der Waals surface area contributed by atoms with Crippen LogP contribution in [0, 0.1) is 0 Å². The molecule has 3 nitrogen and oxygen atoms in total. The van der Waals surface area contributed by atoms with Crippen molar-refractivity contribution >= 4 is 30.1 Å². The number of benzene rings is 3. The predicted molar refractivity (Wildman–Crippen MR) is 115 cm³/mol. The van der Waals surface area contributed by atoms with Crippen LogP contribution in [-0.4, -0.2) is 14.9 Å². The monoisotopic (exact) mass is 372 g/mol. The van der Waals surface area contributed by atoms with Crippen LogP contribution in [0.4, 0.5) is 11.4 Å². The number of rotatable bonds is 8. The molecule has 3 rings (SSSR count). The normalized spacial score (nSPS) is 13.4. The predicted octanol–water partition coefficient (Wildman–Crippen LogP) is 5.38. The minimum Gasteiger partial charge on any atom is -0.408 e. The number of allylic oxidation sites excluding steroid dienone is 1. The van der Waals surface area contributed by atoms with Crippen LogP contribution >= 0.6 is 0 Å². The molecule has 0 heterocycles. The maximum Gasteiger partial charge on any atom is 0.261 e. The van der Waals surface area contributed by atoms with E-state index in [9.17, 15) is 0 Å². The van der Waals surface area contributed by atoms with Gasteiger partial charge in [0.05, 0.1) is 11.4 Å². The summed E-state index contributed by atoms with van der Waals surface area (Å²) in [5.41, 5.74) is 1.69. The van der Waals surface area contributed by atoms with E-state index in [4.69, 9.17) is 4.43 Å². The fraction of sp³-hybridized carbons (Fsp3) is 0.130. The largest absolute Gasteiger partial charge is 0.408 e. The first-order valence-corrected chi connectivity index (χ1v) is 11.3. The van der Waals surface area contributed by atoms with Gasteiger partial charge >= 0.3 is 0 Å². The van der Waals surface area contributed by atoms with Gasteiger partial charge in [-0.3, -0.25) is 0 Å². The van der Waals surface area contributed by atoms with Crippen LogP contribution in [0.15, 0.2) is 108 Å². The van der Waals surface area contributed by atoms with Gasteiger partial charge in [-0.15, -0.1) is 6.58 Å². The molecule has 0 aromatic heterocycles. The third-order valence-corrected chi connectivity index (χ3v) is 8.64. The van der Waals surface area contributed by atoms with E-state index in [2.05, 4.69) is 47.1 Å². The second-order valence-electron chi connectivity index (χ2n) is 6.17. The Morgan fingerprint density at radius 1 is 0.852 bits per heavy atom. The maximum atomic E-state index is 6.50. The topological polar surface area (TPSA) is 34.0 Å². The van der Waals surface area contributed by atoms with Crippen molar-refractivity contribution in [1.82, 2.24) is 0 Å². The highest BCUT2D eigenvalue weighted by atomic mass is 28.4. The van der Waals surface area contributed by atoms with Crippen molar-refractivity contribution in [2.75, 3.05) is 6.61 Å². The van der Waals surface area contributed by atoms with E-state index >= 15 is 0 Å². The fourth-order valence-corrected chi connectivity index (χ4v) is 7.02. The first-order valence-electron chi connectivity index (χ1n) is 9.17. The summed E-state index contributed by atoms with van der Waals surface area (Å²) >= 11 is 0. The van der Waals surface area contributed by atoms with Crippen molar-refractivity contribution in [1.29, 1.82) is 0 Å². The van der Waals surface area contributed by atoms with E-state index in [1.165, 1.54) is 5.19 Å². The molecule has 0 radical (unpaired) electrons. The molecule has 0 aliphatic carbocycles. The van der Waals surface area contributed by atoms with Crippen molar-refractivity contribution in [3.63, 3.8) is 0 Å². The van der Waals surface area contributed by atoms with Crippen LogP contribution in [0.2, 0.25) is 6.04 Å². The second-order valence-corrected chi connectivity index (χ2v) is 9.64. The molecule has 0 amide bonds. The molecule has 0 saturated carbocycles. The quantitative estimate of drug-likeness (QED) is 0.297. The average molecular weight is 373 g/mol. The van der Waals surface area contributed by atoms with Crippen LogP contribution in [-0.2, 0) is 4.43 Å². The van der Waals surface area contributed by atoms with Gasteiger partial charge < -0.3 is 4.43 Å². The number of azo groups is 1. The van der Waals surface area contributed by atoms with Gasteiger partial charge in [0, 0.05) is 6.61 Å². The molecule has 0 N–H and O–H groups in total. The zero-order chi connectivity index (χ0) is 19.0. The first-order chi connectivity index (χ1) is 13.3. The van der Waals surface area contributed by atoms with Crippen molar-refractivity contribution in [2.45, 2.75) is 13.0 Å². The van der Waals surface area contributed by atoms with E-state index in [1.54, 1.807) is 0 Å². The van der Waals surface area contributed by atoms with Gasteiger partial charge in [0.25, 0.3) is 8.32 Å². The molecule has 0 fully saturated rings. The van der Waals surface area contributed by atoms with Gasteiger partial charge in [-0.05, 0) is 41.5 Å². The Morgan fingerprint density at radius 2 is 1.48 bits per heavy atom. The summed E-state index contributed by atoms with van der Waals surface area (Å²) < 4.78 is 6.50. The molecule has 1 atom stereocenters. The Hall–Kier alpha value is -2.82. The Morgan fingerprint density at radius 3 is 2.15 bits per heavy atom. The minimum absolute atomic E-state index is 0.638. The van der Waals surface area contributed by atoms with Crippen LogP contribution in [0.3, 0.4) is 0 Å². The standard InChI is InChI=1S/C23H24N2OSi/c1-3-19-27(26-4-2,21-15-9-6-10-16-21)23-18-12-11-17-22(23)25-24-20-13-7-5-8-14-20/h3,5-18H,1,4,19H2,2H3/t27-/m0/s1. The lowest BCUT2D eigenvalue weighted by Crippen LogP contribution is -2.60. The van der Waals surface area contributed by atoms with Crippen LogP contribution in [0.5, 0.6) is 0 Å². The molecule has 0 bridgehead atoms. The van der Waals surface area contributed by atoms with Gasteiger partial charge in [-0.1, -0.05) is 72.8 Å². The molecular weight excluding hydrogens is 348 g/mol. The molecule has 136 valence electrons. The summed E-state index contributed by atoms with van der Waals surface area (Å²) in [6.45, 7) is 6.68. The van der Waals surface area contributed by atoms with Gasteiger partial charge in [-0.2, -0.15) is 10.2 Å². The van der Waals surface area contributed by atoms with E-state index in [0.717, 1.165) is 22.6 Å². The van der Waals surface area contributed by atoms with E-state index < -0.39 is 8.32 Å². The van der Waals surface area contributed by atoms with Crippen LogP contribution in [0.1, 0.15) is 6.92 Å². The molecule has 0 aliphatic heterocycles. The SMILES string of the molecule is C=CC[Si@](OCC)(c1ccccc1)c1ccccc1N=Nc1ccccc1. The van der Waals surface area contributed by atoms with Gasteiger partial charge in [0.1, 0.15) is 0 Å². The zero-order valence-electron chi connectivity index (χ0n) is 15.6. The van der Waals surface area contributed by atoms with Gasteiger partial charge in [0.2, 0.25) is 0 Å². The first kappa shape index (κ1) is 19.0. The molecule has 0 aliphatic rings. The lowest BCUT2D eigenvalue weighted by atomic mass is 10.3. The third-order valence-electron chi connectivity index (χ3n) is 4.43. The zero-order valence-corrected chi connectivity index (χ0v) is 16.6. The van der Waals surface area contributed by atoms with E-state index in [1.807, 2.05) is 67.6 Å². The Labute approximate surface area is 162 Å². The van der Waals surface area contributed by atoms with Crippen molar-refractivity contribution < 1.29 is 4.43 Å². The molecule has 3 aromatic rings. The second kappa shape index (κ2) is 9.21. The maximum absolute atomic E-state index is 6.50. The van der Waals surface area contributed by atoms with Gasteiger partial charge in [0.15, 0.2) is 0 Å². The molecule has 0 spiro atoms. The minimum atomic E-state index is -2.50. The number of nitrogens with zero attached hydrogens (tertiary/aromatic N) is 2. The fourth-order valence-electron chi connectivity index (χ4n) is 3.27. The molecule has 3 aromatic carbocycles. The van der Waals surface area contributed by atoms with Crippen molar-refractivity contribution in [3.05, 3.63) is 97.6 Å². The Kier molecular flexibility index (Phi) is 6.47. The molecule has 4 heteroatoms. The van der Waals surface area contributed by atoms with Crippen LogP contribution in [0.25, 0.3) is 0 Å². The lowest BCUT2D eigenvalue weighted by Gasteiger charge is -2.31. The summed E-state index contributed by atoms with van der Waals surface area (Å²) in [6.07, 6.45) is 1.96. The molecule has 0 saturated heterocycles. The highest BCUT2D eigenvalue weighted by molar-refractivity contribution is 6.98. The third kappa shape index (κ3) is 4.30. The van der Waals surface area contributed by atoms with Crippen molar-refractivity contribution in [2.24, 2.45) is 10.2 Å².